The summed E-state index contributed by atoms with van der Waals surface area (Å²) in [7, 11) is 0. The van der Waals surface area contributed by atoms with Crippen LogP contribution in [0, 0.1) is 0 Å². The number of fused-ring (bicyclic) bond motifs is 1. The first-order valence-corrected chi connectivity index (χ1v) is 5.55. The van der Waals surface area contributed by atoms with Gasteiger partial charge in [-0.3, -0.25) is 0 Å². The highest BCUT2D eigenvalue weighted by atomic mass is 14.6. The zero-order chi connectivity index (χ0) is 10.7. The quantitative estimate of drug-likeness (QED) is 0.802. The molecular formula is C14H17N. The second-order valence-electron chi connectivity index (χ2n) is 4.00. The molecule has 1 heteroatoms. The van der Waals surface area contributed by atoms with Crippen LogP contribution in [0.2, 0.25) is 0 Å². The van der Waals surface area contributed by atoms with Gasteiger partial charge in [0.2, 0.25) is 0 Å². The number of hydrogen-bond donors (Lipinski definition) is 1. The van der Waals surface area contributed by atoms with E-state index in [1.807, 2.05) is 0 Å². The van der Waals surface area contributed by atoms with Crippen molar-refractivity contribution >= 4 is 10.8 Å². The Balaban J connectivity index is 2.38. The highest BCUT2D eigenvalue weighted by molar-refractivity contribution is 5.83. The lowest BCUT2D eigenvalue weighted by molar-refractivity contribution is 0.639. The van der Waals surface area contributed by atoms with E-state index in [2.05, 4.69) is 49.4 Å². The molecule has 0 saturated heterocycles. The molecule has 0 bridgehead atoms. The van der Waals surface area contributed by atoms with Gasteiger partial charge >= 0.3 is 0 Å². The molecule has 0 saturated carbocycles. The maximum Gasteiger partial charge on any atom is 0.0294 e. The smallest absolute Gasteiger partial charge is 0.0294 e. The second kappa shape index (κ2) is 4.45. The Labute approximate surface area is 90.9 Å². The van der Waals surface area contributed by atoms with Gasteiger partial charge in [0.15, 0.2) is 0 Å². The third-order valence-corrected chi connectivity index (χ3v) is 2.80. The summed E-state index contributed by atoms with van der Waals surface area (Å²) in [6.07, 6.45) is 2.19. The first-order chi connectivity index (χ1) is 7.31. The normalized spacial score (nSPS) is 12.9. The van der Waals surface area contributed by atoms with E-state index in [9.17, 15) is 0 Å². The minimum absolute atomic E-state index is 0.180. The van der Waals surface area contributed by atoms with Gasteiger partial charge in [0.25, 0.3) is 0 Å². The molecule has 0 aromatic heterocycles. The average molecular weight is 199 g/mol. The maximum atomic E-state index is 6.10. The van der Waals surface area contributed by atoms with Crippen molar-refractivity contribution in [1.82, 2.24) is 0 Å². The summed E-state index contributed by atoms with van der Waals surface area (Å²) in [5.74, 6) is 0. The van der Waals surface area contributed by atoms with Crippen LogP contribution < -0.4 is 5.73 Å². The van der Waals surface area contributed by atoms with E-state index < -0.39 is 0 Å². The van der Waals surface area contributed by atoms with E-state index in [-0.39, 0.29) is 6.04 Å². The van der Waals surface area contributed by atoms with Gasteiger partial charge < -0.3 is 5.73 Å². The van der Waals surface area contributed by atoms with Gasteiger partial charge in [0.05, 0.1) is 0 Å². The molecule has 0 aliphatic carbocycles. The van der Waals surface area contributed by atoms with Crippen LogP contribution in [0.25, 0.3) is 10.8 Å². The van der Waals surface area contributed by atoms with Gasteiger partial charge in [-0.1, -0.05) is 49.7 Å². The molecule has 0 aliphatic rings. The zero-order valence-corrected chi connectivity index (χ0v) is 9.11. The number of benzene rings is 2. The minimum atomic E-state index is 0.180. The Bertz CT molecular complexity index is 448. The average Bonchev–Trinajstić information content (AvgIpc) is 2.29. The lowest BCUT2D eigenvalue weighted by Crippen LogP contribution is -2.09. The van der Waals surface area contributed by atoms with Gasteiger partial charge in [0.1, 0.15) is 0 Å². The molecule has 1 nitrogen and oxygen atoms in total. The summed E-state index contributed by atoms with van der Waals surface area (Å²) >= 11 is 0. The first-order valence-electron chi connectivity index (χ1n) is 5.55. The minimum Gasteiger partial charge on any atom is -0.324 e. The molecule has 1 unspecified atom stereocenters. The molecule has 0 amide bonds. The molecule has 0 aliphatic heterocycles. The topological polar surface area (TPSA) is 26.0 Å². The molecule has 15 heavy (non-hydrogen) atoms. The highest BCUT2D eigenvalue weighted by Crippen LogP contribution is 2.21. The van der Waals surface area contributed by atoms with Crippen LogP contribution in [0.1, 0.15) is 31.4 Å². The summed E-state index contributed by atoms with van der Waals surface area (Å²) < 4.78 is 0. The van der Waals surface area contributed by atoms with E-state index in [0.717, 1.165) is 12.8 Å². The Kier molecular flexibility index (Phi) is 3.02. The summed E-state index contributed by atoms with van der Waals surface area (Å²) in [5.41, 5.74) is 7.34. The van der Waals surface area contributed by atoms with Crippen LogP contribution in [0.5, 0.6) is 0 Å². The predicted molar refractivity (Wildman–Crippen MR) is 65.8 cm³/mol. The van der Waals surface area contributed by atoms with Crippen LogP contribution in [-0.2, 0) is 0 Å². The fourth-order valence-corrected chi connectivity index (χ4v) is 1.92. The van der Waals surface area contributed by atoms with Gasteiger partial charge in [0, 0.05) is 6.04 Å². The van der Waals surface area contributed by atoms with Crippen molar-refractivity contribution in [3.8, 4) is 0 Å². The fraction of sp³-hybridized carbons (Fsp3) is 0.286. The Morgan fingerprint density at radius 3 is 2.53 bits per heavy atom. The number of rotatable bonds is 3. The summed E-state index contributed by atoms with van der Waals surface area (Å²) in [6, 6.07) is 15.1. The van der Waals surface area contributed by atoms with Crippen LogP contribution in [-0.4, -0.2) is 0 Å². The van der Waals surface area contributed by atoms with Gasteiger partial charge in [-0.15, -0.1) is 0 Å². The molecule has 78 valence electrons. The molecule has 2 aromatic rings. The third-order valence-electron chi connectivity index (χ3n) is 2.80. The van der Waals surface area contributed by atoms with Crippen molar-refractivity contribution in [3.05, 3.63) is 48.0 Å². The number of hydrogen-bond acceptors (Lipinski definition) is 1. The zero-order valence-electron chi connectivity index (χ0n) is 9.11. The standard InChI is InChI=1S/C14H17N/c1-2-5-14(15)13-9-8-11-6-3-4-7-12(11)10-13/h3-4,6-10,14H,2,5,15H2,1H3. The molecule has 2 rings (SSSR count). The largest absolute Gasteiger partial charge is 0.324 e. The lowest BCUT2D eigenvalue weighted by atomic mass is 10.00. The summed E-state index contributed by atoms with van der Waals surface area (Å²) in [5, 5.41) is 2.56. The molecule has 0 spiro atoms. The Hall–Kier alpha value is -1.34. The van der Waals surface area contributed by atoms with E-state index in [1.165, 1.54) is 16.3 Å². The van der Waals surface area contributed by atoms with Crippen molar-refractivity contribution < 1.29 is 0 Å². The van der Waals surface area contributed by atoms with E-state index in [1.54, 1.807) is 0 Å². The van der Waals surface area contributed by atoms with Gasteiger partial charge in [-0.05, 0) is 28.8 Å². The van der Waals surface area contributed by atoms with Crippen LogP contribution in [0.15, 0.2) is 42.5 Å². The van der Waals surface area contributed by atoms with E-state index in [4.69, 9.17) is 5.73 Å². The lowest BCUT2D eigenvalue weighted by Gasteiger charge is -2.11. The monoisotopic (exact) mass is 199 g/mol. The summed E-state index contributed by atoms with van der Waals surface area (Å²) in [4.78, 5) is 0. The Morgan fingerprint density at radius 2 is 1.80 bits per heavy atom. The highest BCUT2D eigenvalue weighted by Gasteiger charge is 2.04. The predicted octanol–water partition coefficient (Wildman–Crippen LogP) is 3.64. The third kappa shape index (κ3) is 2.18. The molecule has 0 heterocycles. The maximum absolute atomic E-state index is 6.10. The van der Waals surface area contributed by atoms with Gasteiger partial charge in [-0.2, -0.15) is 0 Å². The van der Waals surface area contributed by atoms with Crippen molar-refractivity contribution in [2.75, 3.05) is 0 Å². The summed E-state index contributed by atoms with van der Waals surface area (Å²) in [6.45, 7) is 2.17. The molecule has 2 aromatic carbocycles. The number of nitrogens with two attached hydrogens (primary N) is 1. The van der Waals surface area contributed by atoms with Crippen LogP contribution >= 0.6 is 0 Å². The van der Waals surface area contributed by atoms with Crippen molar-refractivity contribution in [2.24, 2.45) is 5.73 Å². The van der Waals surface area contributed by atoms with Crippen molar-refractivity contribution in [1.29, 1.82) is 0 Å². The van der Waals surface area contributed by atoms with E-state index >= 15 is 0 Å². The van der Waals surface area contributed by atoms with Crippen LogP contribution in [0.4, 0.5) is 0 Å². The molecule has 2 N–H and O–H groups in total. The molecular weight excluding hydrogens is 182 g/mol. The van der Waals surface area contributed by atoms with Gasteiger partial charge in [-0.25, -0.2) is 0 Å². The fourth-order valence-electron chi connectivity index (χ4n) is 1.92. The molecule has 0 fully saturated rings. The molecule has 1 atom stereocenters. The van der Waals surface area contributed by atoms with Crippen molar-refractivity contribution in [2.45, 2.75) is 25.8 Å². The first kappa shape index (κ1) is 10.2. The van der Waals surface area contributed by atoms with Crippen molar-refractivity contribution in [3.63, 3.8) is 0 Å². The van der Waals surface area contributed by atoms with E-state index in [0.29, 0.717) is 0 Å². The Morgan fingerprint density at radius 1 is 1.07 bits per heavy atom. The molecule has 0 radical (unpaired) electrons. The second-order valence-corrected chi connectivity index (χ2v) is 4.00. The SMILES string of the molecule is CCCC(N)c1ccc2ccccc2c1. The van der Waals surface area contributed by atoms with Crippen LogP contribution in [0.3, 0.4) is 0 Å².